The molecule has 2 N–H and O–H groups in total. The quantitative estimate of drug-likeness (QED) is 0.717. The van der Waals surface area contributed by atoms with E-state index in [2.05, 4.69) is 10.6 Å². The van der Waals surface area contributed by atoms with Crippen LogP contribution < -0.4 is 15.4 Å². The number of benzene rings is 1. The topological polar surface area (TPSA) is 70.7 Å². The highest BCUT2D eigenvalue weighted by Crippen LogP contribution is 2.16. The van der Waals surface area contributed by atoms with E-state index in [1.165, 1.54) is 4.88 Å². The molecule has 0 radical (unpaired) electrons. The van der Waals surface area contributed by atoms with Gasteiger partial charge in [-0.2, -0.15) is 0 Å². The van der Waals surface area contributed by atoms with Gasteiger partial charge in [0.15, 0.2) is 0 Å². The van der Waals surface area contributed by atoms with E-state index < -0.39 is 0 Å². The second-order valence-electron chi connectivity index (χ2n) is 5.63. The van der Waals surface area contributed by atoms with Crippen molar-refractivity contribution >= 4 is 28.8 Å². The number of carbonyl (C=O) groups excluding carboxylic acids is 2. The molecule has 0 saturated carbocycles. The predicted octanol–water partition coefficient (Wildman–Crippen LogP) is 1.99. The van der Waals surface area contributed by atoms with Crippen LogP contribution in [0.3, 0.4) is 0 Å². The minimum atomic E-state index is -0.179. The Morgan fingerprint density at radius 1 is 1.16 bits per heavy atom. The molecule has 0 aliphatic heterocycles. The third-order valence-corrected chi connectivity index (χ3v) is 4.39. The summed E-state index contributed by atoms with van der Waals surface area (Å²) < 4.78 is 5.12. The number of amides is 2. The fourth-order valence-corrected chi connectivity index (χ4v) is 2.99. The number of carbonyl (C=O) groups is 2. The van der Waals surface area contributed by atoms with Gasteiger partial charge in [0.2, 0.25) is 11.8 Å². The summed E-state index contributed by atoms with van der Waals surface area (Å²) in [6, 6.07) is 11.2. The van der Waals surface area contributed by atoms with E-state index in [1.54, 1.807) is 48.6 Å². The molecule has 2 rings (SSSR count). The molecule has 0 unspecified atom stereocenters. The Morgan fingerprint density at radius 3 is 2.68 bits per heavy atom. The van der Waals surface area contributed by atoms with Crippen molar-refractivity contribution in [1.29, 1.82) is 0 Å². The van der Waals surface area contributed by atoms with Gasteiger partial charge in [0, 0.05) is 23.2 Å². The van der Waals surface area contributed by atoms with E-state index in [-0.39, 0.29) is 24.9 Å². The van der Waals surface area contributed by atoms with Crippen LogP contribution in [0.5, 0.6) is 5.75 Å². The SMILES string of the molecule is COc1cccc(NC(=O)CN(C)CC(=O)NCCc2cccs2)c1. The minimum absolute atomic E-state index is 0.0896. The van der Waals surface area contributed by atoms with Crippen molar-refractivity contribution in [2.24, 2.45) is 0 Å². The van der Waals surface area contributed by atoms with Gasteiger partial charge in [-0.05, 0) is 37.0 Å². The monoisotopic (exact) mass is 361 g/mol. The molecular formula is C18H23N3O3S. The first-order chi connectivity index (χ1) is 12.1. The Morgan fingerprint density at radius 2 is 1.96 bits per heavy atom. The van der Waals surface area contributed by atoms with Crippen LogP contribution in [-0.2, 0) is 16.0 Å². The molecule has 0 saturated heterocycles. The van der Waals surface area contributed by atoms with Gasteiger partial charge in [-0.1, -0.05) is 12.1 Å². The number of hydrogen-bond acceptors (Lipinski definition) is 5. The lowest BCUT2D eigenvalue weighted by Crippen LogP contribution is -2.39. The van der Waals surface area contributed by atoms with Gasteiger partial charge in [-0.15, -0.1) is 11.3 Å². The number of nitrogens with zero attached hydrogens (tertiary/aromatic N) is 1. The number of likely N-dealkylation sites (N-methyl/N-ethyl adjacent to an activating group) is 1. The maximum absolute atomic E-state index is 12.0. The van der Waals surface area contributed by atoms with Crippen LogP contribution in [0.1, 0.15) is 4.88 Å². The lowest BCUT2D eigenvalue weighted by molar-refractivity contribution is -0.122. The molecule has 1 heterocycles. The molecule has 0 aliphatic rings. The largest absolute Gasteiger partial charge is 0.497 e. The van der Waals surface area contributed by atoms with Gasteiger partial charge in [0.1, 0.15) is 5.75 Å². The molecule has 25 heavy (non-hydrogen) atoms. The number of hydrogen-bond donors (Lipinski definition) is 2. The van der Waals surface area contributed by atoms with Gasteiger partial charge < -0.3 is 15.4 Å². The average Bonchev–Trinajstić information content (AvgIpc) is 3.08. The zero-order chi connectivity index (χ0) is 18.1. The normalized spacial score (nSPS) is 10.5. The molecule has 7 heteroatoms. The molecule has 0 aliphatic carbocycles. The first-order valence-corrected chi connectivity index (χ1v) is 8.86. The van der Waals surface area contributed by atoms with Crippen molar-refractivity contribution < 1.29 is 14.3 Å². The fourth-order valence-electron chi connectivity index (χ4n) is 2.28. The Hall–Kier alpha value is -2.38. The Balaban J connectivity index is 1.68. The summed E-state index contributed by atoms with van der Waals surface area (Å²) in [6.07, 6.45) is 0.823. The third kappa shape index (κ3) is 6.94. The summed E-state index contributed by atoms with van der Waals surface area (Å²) in [4.78, 5) is 26.9. The maximum Gasteiger partial charge on any atom is 0.238 e. The number of anilines is 1. The highest BCUT2D eigenvalue weighted by atomic mass is 32.1. The lowest BCUT2D eigenvalue weighted by atomic mass is 10.3. The Kier molecular flexibility index (Phi) is 7.43. The highest BCUT2D eigenvalue weighted by molar-refractivity contribution is 7.09. The van der Waals surface area contributed by atoms with Crippen molar-refractivity contribution in [3.63, 3.8) is 0 Å². The van der Waals surface area contributed by atoms with Gasteiger partial charge in [-0.25, -0.2) is 0 Å². The molecule has 0 atom stereocenters. The van der Waals surface area contributed by atoms with Crippen molar-refractivity contribution in [1.82, 2.24) is 10.2 Å². The van der Waals surface area contributed by atoms with Crippen LogP contribution in [0.25, 0.3) is 0 Å². The van der Waals surface area contributed by atoms with Crippen molar-refractivity contribution in [2.45, 2.75) is 6.42 Å². The summed E-state index contributed by atoms with van der Waals surface area (Å²) in [5, 5.41) is 7.68. The summed E-state index contributed by atoms with van der Waals surface area (Å²) in [5.41, 5.74) is 0.665. The van der Waals surface area contributed by atoms with E-state index in [0.29, 0.717) is 18.0 Å². The van der Waals surface area contributed by atoms with Crippen molar-refractivity contribution in [3.8, 4) is 5.75 Å². The third-order valence-electron chi connectivity index (χ3n) is 3.45. The molecule has 1 aromatic heterocycles. The van der Waals surface area contributed by atoms with Crippen LogP contribution in [0.2, 0.25) is 0 Å². The maximum atomic E-state index is 12.0. The van der Waals surface area contributed by atoms with E-state index in [9.17, 15) is 9.59 Å². The van der Waals surface area contributed by atoms with Crippen LogP contribution in [0.15, 0.2) is 41.8 Å². The molecule has 134 valence electrons. The molecule has 0 bridgehead atoms. The zero-order valence-corrected chi connectivity index (χ0v) is 15.3. The second-order valence-corrected chi connectivity index (χ2v) is 6.66. The average molecular weight is 361 g/mol. The van der Waals surface area contributed by atoms with Crippen molar-refractivity contribution in [3.05, 3.63) is 46.7 Å². The summed E-state index contributed by atoms with van der Waals surface area (Å²) in [6.45, 7) is 0.911. The standard InChI is InChI=1S/C18H23N3O3S/c1-21(12-17(22)19-9-8-16-7-4-10-25-16)13-18(23)20-14-5-3-6-15(11-14)24-2/h3-7,10-11H,8-9,12-13H2,1-2H3,(H,19,22)(H,20,23). The number of ether oxygens (including phenoxy) is 1. The number of thiophene rings is 1. The van der Waals surface area contributed by atoms with Gasteiger partial charge >= 0.3 is 0 Å². The van der Waals surface area contributed by atoms with Gasteiger partial charge in [0.25, 0.3) is 0 Å². The summed E-state index contributed by atoms with van der Waals surface area (Å²) in [7, 11) is 3.32. The first-order valence-electron chi connectivity index (χ1n) is 7.98. The van der Waals surface area contributed by atoms with E-state index >= 15 is 0 Å². The second kappa shape index (κ2) is 9.80. The predicted molar refractivity (Wildman–Crippen MR) is 100 cm³/mol. The molecule has 2 amide bonds. The van der Waals surface area contributed by atoms with Crippen molar-refractivity contribution in [2.75, 3.05) is 39.1 Å². The molecule has 6 nitrogen and oxygen atoms in total. The first kappa shape index (κ1) is 19.0. The van der Waals surface area contributed by atoms with Crippen LogP contribution >= 0.6 is 11.3 Å². The molecule has 0 fully saturated rings. The highest BCUT2D eigenvalue weighted by Gasteiger charge is 2.11. The van der Waals surface area contributed by atoms with E-state index in [4.69, 9.17) is 4.74 Å². The smallest absolute Gasteiger partial charge is 0.238 e. The van der Waals surface area contributed by atoms with E-state index in [1.807, 2.05) is 23.6 Å². The van der Waals surface area contributed by atoms with Crippen LogP contribution in [0.4, 0.5) is 5.69 Å². The summed E-state index contributed by atoms with van der Waals surface area (Å²) in [5.74, 6) is 0.409. The molecule has 2 aromatic rings. The molecular weight excluding hydrogens is 338 g/mol. The van der Waals surface area contributed by atoms with Crippen LogP contribution in [-0.4, -0.2) is 50.5 Å². The minimum Gasteiger partial charge on any atom is -0.497 e. The lowest BCUT2D eigenvalue weighted by Gasteiger charge is -2.16. The number of nitrogens with one attached hydrogen (secondary N) is 2. The number of methoxy groups -OCH3 is 1. The van der Waals surface area contributed by atoms with Crippen LogP contribution in [0, 0.1) is 0 Å². The molecule has 1 aromatic carbocycles. The van der Waals surface area contributed by atoms with E-state index in [0.717, 1.165) is 6.42 Å². The van der Waals surface area contributed by atoms with Gasteiger partial charge in [0.05, 0.1) is 20.2 Å². The van der Waals surface area contributed by atoms with Gasteiger partial charge in [-0.3, -0.25) is 14.5 Å². The fraction of sp³-hybridized carbons (Fsp3) is 0.333. The number of rotatable bonds is 9. The Bertz CT molecular complexity index is 689. The zero-order valence-electron chi connectivity index (χ0n) is 14.5. The summed E-state index contributed by atoms with van der Waals surface area (Å²) >= 11 is 1.68. The molecule has 0 spiro atoms. The Labute approximate surface area is 151 Å².